The number of hydrogen-bond donors (Lipinski definition) is 0. The van der Waals surface area contributed by atoms with Gasteiger partial charge < -0.3 is 14.4 Å². The predicted octanol–water partition coefficient (Wildman–Crippen LogP) is 3.42. The lowest BCUT2D eigenvalue weighted by Crippen LogP contribution is -2.37. The van der Waals surface area contributed by atoms with E-state index in [4.69, 9.17) is 9.47 Å². The number of azo groups is 1. The van der Waals surface area contributed by atoms with Gasteiger partial charge in [0.2, 0.25) is 0 Å². The number of nitrogens with zero attached hydrogens (tertiary/aromatic N) is 5. The smallest absolute Gasteiger partial charge is 0.182 e. The number of aromatic nitrogens is 1. The largest absolute Gasteiger partial charge is 0.379 e. The van der Waals surface area contributed by atoms with Crippen LogP contribution < -0.4 is 4.90 Å². The molecule has 2 aliphatic rings. The highest BCUT2D eigenvalue weighted by Crippen LogP contribution is 2.24. The van der Waals surface area contributed by atoms with Gasteiger partial charge in [0.05, 0.1) is 33.0 Å². The van der Waals surface area contributed by atoms with Crippen molar-refractivity contribution in [1.82, 2.24) is 9.88 Å². The number of benzene rings is 1. The molecule has 0 unspecified atom stereocenters. The molecule has 0 N–H and O–H groups in total. The number of Topliss-reactive ketones (excluding diaryl/α,β-unsaturated/α-hetero) is 1. The first-order chi connectivity index (χ1) is 15.7. The minimum absolute atomic E-state index is 0.0294. The van der Waals surface area contributed by atoms with Crippen LogP contribution in [0.3, 0.4) is 0 Å². The maximum absolute atomic E-state index is 13.0. The normalized spacial score (nSPS) is 17.7. The molecule has 2 saturated heterocycles. The summed E-state index contributed by atoms with van der Waals surface area (Å²) < 4.78 is 10.9. The second-order valence-electron chi connectivity index (χ2n) is 8.18. The van der Waals surface area contributed by atoms with Gasteiger partial charge in [0.25, 0.3) is 0 Å². The average molecular weight is 438 g/mol. The topological polar surface area (TPSA) is 79.6 Å². The standard InChI is InChI=1S/C24H31N5O3/c1-19-3-2-4-20(15-19)18-25-27-24-17-21(29-9-13-32-14-10-29)16-22(26-24)23(30)5-6-28-7-11-31-12-8-28/h2-4,15-17H,5-14,18H2,1H3. The molecule has 0 amide bonds. The fraction of sp³-hybridized carbons (Fsp3) is 0.500. The van der Waals surface area contributed by atoms with Crippen molar-refractivity contribution >= 4 is 17.3 Å². The van der Waals surface area contributed by atoms with Crippen LogP contribution in [0.15, 0.2) is 46.6 Å². The summed E-state index contributed by atoms with van der Waals surface area (Å²) in [5, 5.41) is 8.70. The number of aryl methyl sites for hydroxylation is 1. The number of ether oxygens (including phenoxy) is 2. The van der Waals surface area contributed by atoms with Gasteiger partial charge >= 0.3 is 0 Å². The van der Waals surface area contributed by atoms with Gasteiger partial charge in [0, 0.05) is 50.9 Å². The highest BCUT2D eigenvalue weighted by atomic mass is 16.5. The summed E-state index contributed by atoms with van der Waals surface area (Å²) in [6.07, 6.45) is 0.430. The molecular formula is C24H31N5O3. The van der Waals surface area contributed by atoms with Gasteiger partial charge in [0.1, 0.15) is 5.69 Å². The summed E-state index contributed by atoms with van der Waals surface area (Å²) in [6.45, 7) is 9.36. The Morgan fingerprint density at radius 1 is 1.03 bits per heavy atom. The number of ketones is 1. The van der Waals surface area contributed by atoms with Crippen LogP contribution in [0.25, 0.3) is 0 Å². The minimum atomic E-state index is 0.0294. The van der Waals surface area contributed by atoms with E-state index in [2.05, 4.69) is 44.1 Å². The third kappa shape index (κ3) is 6.41. The van der Waals surface area contributed by atoms with Gasteiger partial charge in [-0.25, -0.2) is 4.98 Å². The fourth-order valence-electron chi connectivity index (χ4n) is 3.91. The molecule has 0 atom stereocenters. The number of hydrogen-bond acceptors (Lipinski definition) is 8. The van der Waals surface area contributed by atoms with Gasteiger partial charge in [-0.2, -0.15) is 5.11 Å². The molecule has 170 valence electrons. The van der Waals surface area contributed by atoms with Crippen LogP contribution in [0.1, 0.15) is 28.0 Å². The molecule has 4 rings (SSSR count). The zero-order valence-electron chi connectivity index (χ0n) is 18.7. The molecular weight excluding hydrogens is 406 g/mol. The lowest BCUT2D eigenvalue weighted by atomic mass is 10.1. The van der Waals surface area contributed by atoms with Crippen molar-refractivity contribution in [1.29, 1.82) is 0 Å². The maximum atomic E-state index is 13.0. The number of pyridine rings is 1. The molecule has 2 aromatic rings. The summed E-state index contributed by atoms with van der Waals surface area (Å²) in [4.78, 5) is 22.0. The van der Waals surface area contributed by atoms with Crippen LogP contribution in [0.2, 0.25) is 0 Å². The molecule has 2 fully saturated rings. The Hall–Kier alpha value is -2.68. The Labute approximate surface area is 189 Å². The first-order valence-corrected chi connectivity index (χ1v) is 11.3. The zero-order valence-corrected chi connectivity index (χ0v) is 18.7. The summed E-state index contributed by atoms with van der Waals surface area (Å²) in [5.74, 6) is 0.498. The number of rotatable bonds is 8. The third-order valence-electron chi connectivity index (χ3n) is 5.73. The van der Waals surface area contributed by atoms with Crippen LogP contribution in [0.5, 0.6) is 0 Å². The van der Waals surface area contributed by atoms with E-state index < -0.39 is 0 Å². The van der Waals surface area contributed by atoms with Crippen LogP contribution >= 0.6 is 0 Å². The van der Waals surface area contributed by atoms with Crippen molar-refractivity contribution in [3.8, 4) is 0 Å². The first kappa shape index (κ1) is 22.5. The van der Waals surface area contributed by atoms with Crippen LogP contribution in [0, 0.1) is 6.92 Å². The summed E-state index contributed by atoms with van der Waals surface area (Å²) in [6, 6.07) is 12.0. The van der Waals surface area contributed by atoms with Gasteiger partial charge in [-0.3, -0.25) is 9.69 Å². The maximum Gasteiger partial charge on any atom is 0.182 e. The Morgan fingerprint density at radius 2 is 1.78 bits per heavy atom. The van der Waals surface area contributed by atoms with E-state index >= 15 is 0 Å². The second-order valence-corrected chi connectivity index (χ2v) is 8.18. The molecule has 0 radical (unpaired) electrons. The third-order valence-corrected chi connectivity index (χ3v) is 5.73. The first-order valence-electron chi connectivity index (χ1n) is 11.3. The molecule has 8 heteroatoms. The van der Waals surface area contributed by atoms with Crippen molar-refractivity contribution in [3.05, 3.63) is 53.2 Å². The van der Waals surface area contributed by atoms with Crippen LogP contribution in [-0.4, -0.2) is 74.8 Å². The molecule has 0 aliphatic carbocycles. The van der Waals surface area contributed by atoms with Crippen molar-refractivity contribution in [2.24, 2.45) is 10.2 Å². The zero-order chi connectivity index (χ0) is 22.2. The molecule has 1 aromatic heterocycles. The molecule has 0 saturated carbocycles. The van der Waals surface area contributed by atoms with Crippen LogP contribution in [-0.2, 0) is 16.0 Å². The van der Waals surface area contributed by atoms with E-state index in [0.717, 1.165) is 57.2 Å². The van der Waals surface area contributed by atoms with Gasteiger partial charge in [-0.05, 0) is 18.6 Å². The number of carbonyl (C=O) groups excluding carboxylic acids is 1. The SMILES string of the molecule is Cc1cccc(CN=Nc2cc(N3CCOCC3)cc(C(=O)CCN3CCOCC3)n2)c1. The van der Waals surface area contributed by atoms with E-state index in [-0.39, 0.29) is 5.78 Å². The molecule has 0 bridgehead atoms. The monoisotopic (exact) mass is 437 g/mol. The lowest BCUT2D eigenvalue weighted by molar-refractivity contribution is 0.0369. The molecule has 8 nitrogen and oxygen atoms in total. The van der Waals surface area contributed by atoms with Gasteiger partial charge in [0.15, 0.2) is 11.6 Å². The van der Waals surface area contributed by atoms with E-state index in [1.165, 1.54) is 5.56 Å². The average Bonchev–Trinajstić information content (AvgIpc) is 2.83. The Morgan fingerprint density at radius 3 is 2.53 bits per heavy atom. The molecule has 0 spiro atoms. The number of carbonyl (C=O) groups is 1. The van der Waals surface area contributed by atoms with Gasteiger partial charge in [-0.15, -0.1) is 5.11 Å². The Bertz CT molecular complexity index is 937. The molecule has 32 heavy (non-hydrogen) atoms. The Balaban J connectivity index is 1.49. The highest BCUT2D eigenvalue weighted by molar-refractivity contribution is 5.95. The minimum Gasteiger partial charge on any atom is -0.379 e. The van der Waals surface area contributed by atoms with E-state index in [9.17, 15) is 4.79 Å². The molecule has 2 aliphatic heterocycles. The second kappa shape index (κ2) is 11.3. The molecule has 3 heterocycles. The summed E-state index contributed by atoms with van der Waals surface area (Å²) in [5.41, 5.74) is 3.69. The summed E-state index contributed by atoms with van der Waals surface area (Å²) >= 11 is 0. The quantitative estimate of drug-likeness (QED) is 0.465. The van der Waals surface area contributed by atoms with Crippen LogP contribution in [0.4, 0.5) is 11.5 Å². The van der Waals surface area contributed by atoms with Gasteiger partial charge in [-0.1, -0.05) is 29.8 Å². The fourth-order valence-corrected chi connectivity index (χ4v) is 3.91. The van der Waals surface area contributed by atoms with Crippen molar-refractivity contribution in [2.45, 2.75) is 19.9 Å². The lowest BCUT2D eigenvalue weighted by Gasteiger charge is -2.29. The van der Waals surface area contributed by atoms with Crippen molar-refractivity contribution in [3.63, 3.8) is 0 Å². The molecule has 1 aromatic carbocycles. The number of morpholine rings is 2. The van der Waals surface area contributed by atoms with E-state index in [1.807, 2.05) is 24.3 Å². The number of anilines is 1. The highest BCUT2D eigenvalue weighted by Gasteiger charge is 2.18. The predicted molar refractivity (Wildman–Crippen MR) is 123 cm³/mol. The van der Waals surface area contributed by atoms with E-state index in [0.29, 0.717) is 37.7 Å². The summed E-state index contributed by atoms with van der Waals surface area (Å²) in [7, 11) is 0. The Kier molecular flexibility index (Phi) is 7.92. The van der Waals surface area contributed by atoms with E-state index in [1.54, 1.807) is 0 Å². The van der Waals surface area contributed by atoms with Crippen molar-refractivity contribution < 1.29 is 14.3 Å². The van der Waals surface area contributed by atoms with Crippen molar-refractivity contribution in [2.75, 3.05) is 64.1 Å².